The minimum Gasteiger partial charge on any atom is -0.755 e. The molecular weight excluding hydrogens is 358 g/mol. The average Bonchev–Trinajstić information content (AvgIpc) is 2.45. The molecule has 0 aliphatic heterocycles. The Kier molecular flexibility index (Phi) is 5.11. The third kappa shape index (κ3) is 4.13. The van der Waals surface area contributed by atoms with Gasteiger partial charge in [0, 0.05) is 21.4 Å². The van der Waals surface area contributed by atoms with Gasteiger partial charge in [-0.1, -0.05) is 40.2 Å². The van der Waals surface area contributed by atoms with Crippen LogP contribution in [0.15, 0.2) is 53.0 Å². The summed E-state index contributed by atoms with van der Waals surface area (Å²) in [6, 6.07) is 14.3. The van der Waals surface area contributed by atoms with Gasteiger partial charge in [0.15, 0.2) is 0 Å². The monoisotopic (exact) mass is 368 g/mol. The lowest BCUT2D eigenvalue weighted by Gasteiger charge is -2.24. The number of halogens is 1. The first kappa shape index (κ1) is 15.7. The highest BCUT2D eigenvalue weighted by Gasteiger charge is 2.11. The lowest BCUT2D eigenvalue weighted by molar-refractivity contribution is -0.135. The van der Waals surface area contributed by atoms with Crippen molar-refractivity contribution in [3.05, 3.63) is 53.0 Å². The number of aliphatic carboxylic acids is 1. The van der Waals surface area contributed by atoms with Crippen LogP contribution in [0.3, 0.4) is 0 Å². The van der Waals surface area contributed by atoms with Gasteiger partial charge in [-0.15, -0.1) is 0 Å². The first-order valence-corrected chi connectivity index (χ1v) is 7.74. The molecule has 5 nitrogen and oxygen atoms in total. The van der Waals surface area contributed by atoms with Crippen LogP contribution in [0.2, 0.25) is 0 Å². The van der Waals surface area contributed by atoms with Crippen molar-refractivity contribution in [2.24, 2.45) is 0 Å². The Hall–Kier alpha value is -1.70. The predicted molar refractivity (Wildman–Crippen MR) is 83.5 cm³/mol. The summed E-state index contributed by atoms with van der Waals surface area (Å²) in [4.78, 5) is 10.7. The molecule has 0 amide bonds. The summed E-state index contributed by atoms with van der Waals surface area (Å²) in [5.41, 5.74) is 2.21. The van der Waals surface area contributed by atoms with Crippen LogP contribution >= 0.6 is 15.9 Å². The van der Waals surface area contributed by atoms with Gasteiger partial charge in [0.05, 0.1) is 0 Å². The third-order valence-electron chi connectivity index (χ3n) is 2.79. The van der Waals surface area contributed by atoms with Crippen molar-refractivity contribution < 1.29 is 18.7 Å². The van der Waals surface area contributed by atoms with Gasteiger partial charge in [-0.25, -0.2) is 0 Å². The molecule has 0 bridgehead atoms. The van der Waals surface area contributed by atoms with Gasteiger partial charge in [-0.2, -0.15) is 0 Å². The number of carbonyl (C=O) groups is 1. The van der Waals surface area contributed by atoms with E-state index in [2.05, 4.69) is 15.9 Å². The van der Waals surface area contributed by atoms with Crippen LogP contribution in [-0.2, 0) is 16.1 Å². The van der Waals surface area contributed by atoms with E-state index in [0.717, 1.165) is 19.9 Å². The highest BCUT2D eigenvalue weighted by molar-refractivity contribution is 9.10. The maximum Gasteiger partial charge on any atom is 0.324 e. The van der Waals surface area contributed by atoms with E-state index in [-0.39, 0.29) is 0 Å². The fourth-order valence-electron chi connectivity index (χ4n) is 1.82. The third-order valence-corrected chi connectivity index (χ3v) is 4.02. The molecule has 2 aromatic rings. The van der Waals surface area contributed by atoms with Gasteiger partial charge in [-0.05, 0) is 35.4 Å². The summed E-state index contributed by atoms with van der Waals surface area (Å²) in [6.45, 7) is -0.603. The van der Waals surface area contributed by atoms with Crippen LogP contribution in [0.25, 0.3) is 11.1 Å². The number of hydrogen-bond donors (Lipinski definition) is 1. The van der Waals surface area contributed by atoms with Gasteiger partial charge in [0.25, 0.3) is 0 Å². The Bertz CT molecular complexity index is 658. The van der Waals surface area contributed by atoms with Gasteiger partial charge < -0.3 is 9.66 Å². The van der Waals surface area contributed by atoms with E-state index >= 15 is 0 Å². The predicted octanol–water partition coefficient (Wildman–Crippen LogP) is 2.80. The smallest absolute Gasteiger partial charge is 0.324 e. The van der Waals surface area contributed by atoms with Crippen molar-refractivity contribution in [3.8, 4) is 11.1 Å². The SMILES string of the molecule is O=C(O)CN(c1ccc(-c2ccc(Br)cc2)cc1)S(=O)[O-]. The Labute approximate surface area is 132 Å². The van der Waals surface area contributed by atoms with E-state index in [1.54, 1.807) is 24.3 Å². The maximum absolute atomic E-state index is 11.1. The highest BCUT2D eigenvalue weighted by atomic mass is 79.9. The summed E-state index contributed by atoms with van der Waals surface area (Å²) in [5.74, 6) is -1.21. The zero-order chi connectivity index (χ0) is 15.4. The second-order valence-corrected chi connectivity index (χ2v) is 5.99. The normalized spacial score (nSPS) is 11.9. The number of benzene rings is 2. The van der Waals surface area contributed by atoms with E-state index in [9.17, 15) is 13.6 Å². The summed E-state index contributed by atoms with van der Waals surface area (Å²) in [6.07, 6.45) is 0. The van der Waals surface area contributed by atoms with Crippen LogP contribution < -0.4 is 4.31 Å². The number of rotatable bonds is 5. The molecular formula is C14H11BrNO4S-. The van der Waals surface area contributed by atoms with Gasteiger partial charge in [-0.3, -0.25) is 13.3 Å². The molecule has 0 spiro atoms. The van der Waals surface area contributed by atoms with Crippen LogP contribution in [0.4, 0.5) is 5.69 Å². The standard InChI is InChI=1S/C14H12BrNO4S/c15-12-5-1-10(2-6-12)11-3-7-13(8-4-11)16(21(19)20)9-14(17)18/h1-8H,9H2,(H,17,18)(H,19,20)/p-1. The zero-order valence-corrected chi connectivity index (χ0v) is 13.1. The van der Waals surface area contributed by atoms with E-state index in [1.807, 2.05) is 24.3 Å². The number of anilines is 1. The van der Waals surface area contributed by atoms with E-state index in [1.165, 1.54) is 0 Å². The molecule has 0 aliphatic rings. The second kappa shape index (κ2) is 6.84. The van der Waals surface area contributed by atoms with Crippen LogP contribution in [0.5, 0.6) is 0 Å². The number of carboxylic acid groups (broad SMARTS) is 1. The summed E-state index contributed by atoms with van der Waals surface area (Å²) in [5, 5.41) is 8.73. The summed E-state index contributed by atoms with van der Waals surface area (Å²) >= 11 is 0.724. The molecule has 1 N–H and O–H groups in total. The van der Waals surface area contributed by atoms with Crippen molar-refractivity contribution in [2.45, 2.75) is 0 Å². The molecule has 2 rings (SSSR count). The summed E-state index contributed by atoms with van der Waals surface area (Å²) in [7, 11) is 0. The molecule has 0 aliphatic carbocycles. The highest BCUT2D eigenvalue weighted by Crippen LogP contribution is 2.25. The number of carboxylic acids is 1. The lowest BCUT2D eigenvalue weighted by atomic mass is 10.1. The summed E-state index contributed by atoms with van der Waals surface area (Å²) < 4.78 is 23.9. The molecule has 1 atom stereocenters. The van der Waals surface area contributed by atoms with Crippen LogP contribution in [-0.4, -0.2) is 26.4 Å². The topological polar surface area (TPSA) is 80.7 Å². The van der Waals surface area contributed by atoms with Crippen molar-refractivity contribution >= 4 is 38.9 Å². The molecule has 110 valence electrons. The minimum atomic E-state index is -2.63. The van der Waals surface area contributed by atoms with E-state index in [4.69, 9.17) is 5.11 Å². The van der Waals surface area contributed by atoms with Crippen LogP contribution in [0.1, 0.15) is 0 Å². The Morgan fingerprint density at radius 3 is 2.00 bits per heavy atom. The molecule has 0 saturated heterocycles. The van der Waals surface area contributed by atoms with Gasteiger partial charge in [0.2, 0.25) is 0 Å². The largest absolute Gasteiger partial charge is 0.755 e. The molecule has 0 radical (unpaired) electrons. The Morgan fingerprint density at radius 1 is 1.10 bits per heavy atom. The number of hydrogen-bond acceptors (Lipinski definition) is 3. The Morgan fingerprint density at radius 2 is 1.57 bits per heavy atom. The van der Waals surface area contributed by atoms with E-state index in [0.29, 0.717) is 5.69 Å². The van der Waals surface area contributed by atoms with Crippen molar-refractivity contribution in [1.82, 2.24) is 0 Å². The van der Waals surface area contributed by atoms with E-state index < -0.39 is 23.8 Å². The van der Waals surface area contributed by atoms with Crippen molar-refractivity contribution in [1.29, 1.82) is 0 Å². The Balaban J connectivity index is 2.26. The lowest BCUT2D eigenvalue weighted by Crippen LogP contribution is -2.31. The average molecular weight is 369 g/mol. The molecule has 0 fully saturated rings. The fraction of sp³-hybridized carbons (Fsp3) is 0.0714. The quantitative estimate of drug-likeness (QED) is 0.822. The molecule has 7 heteroatoms. The van der Waals surface area contributed by atoms with Gasteiger partial charge in [0.1, 0.15) is 6.54 Å². The molecule has 0 aromatic heterocycles. The molecule has 2 aromatic carbocycles. The second-order valence-electron chi connectivity index (χ2n) is 4.20. The fourth-order valence-corrected chi connectivity index (χ4v) is 2.59. The number of nitrogens with zero attached hydrogens (tertiary/aromatic N) is 1. The first-order chi connectivity index (χ1) is 9.97. The zero-order valence-electron chi connectivity index (χ0n) is 10.7. The van der Waals surface area contributed by atoms with Gasteiger partial charge >= 0.3 is 5.97 Å². The molecule has 0 saturated carbocycles. The molecule has 21 heavy (non-hydrogen) atoms. The minimum absolute atomic E-state index is 0.312. The first-order valence-electron chi connectivity index (χ1n) is 5.92. The van der Waals surface area contributed by atoms with Crippen molar-refractivity contribution in [2.75, 3.05) is 10.8 Å². The van der Waals surface area contributed by atoms with Crippen molar-refractivity contribution in [3.63, 3.8) is 0 Å². The maximum atomic E-state index is 11.1. The molecule has 0 heterocycles. The molecule has 1 unspecified atom stereocenters. The van der Waals surface area contributed by atoms with Crippen LogP contribution in [0, 0.1) is 0 Å².